The van der Waals surface area contributed by atoms with Crippen molar-refractivity contribution in [1.29, 1.82) is 0 Å². The topological polar surface area (TPSA) is 33.7 Å². The first-order valence-corrected chi connectivity index (χ1v) is 6.42. The van der Waals surface area contributed by atoms with Crippen LogP contribution in [0.1, 0.15) is 12.8 Å². The number of hydrogen-bond acceptors (Lipinski definition) is 4. The van der Waals surface area contributed by atoms with Gasteiger partial charge in [-0.3, -0.25) is 4.90 Å². The summed E-state index contributed by atoms with van der Waals surface area (Å²) in [6.07, 6.45) is 2.41. The third-order valence-corrected chi connectivity index (χ3v) is 3.63. The fraction of sp³-hybridized carbons (Fsp3) is 1.00. The largest absolute Gasteiger partial charge is 0.381 e. The van der Waals surface area contributed by atoms with E-state index in [2.05, 4.69) is 17.3 Å². The van der Waals surface area contributed by atoms with E-state index in [0.29, 0.717) is 6.04 Å². The van der Waals surface area contributed by atoms with Crippen molar-refractivity contribution in [3.8, 4) is 0 Å². The summed E-state index contributed by atoms with van der Waals surface area (Å²) < 4.78 is 10.7. The van der Waals surface area contributed by atoms with Crippen molar-refractivity contribution in [3.63, 3.8) is 0 Å². The van der Waals surface area contributed by atoms with Gasteiger partial charge < -0.3 is 14.8 Å². The van der Waals surface area contributed by atoms with Gasteiger partial charge in [-0.1, -0.05) is 0 Å². The van der Waals surface area contributed by atoms with Crippen LogP contribution < -0.4 is 5.32 Å². The predicted octanol–water partition coefficient (Wildman–Crippen LogP) is 0.333. The van der Waals surface area contributed by atoms with E-state index >= 15 is 0 Å². The maximum atomic E-state index is 5.39. The molecular weight excluding hydrogens is 204 g/mol. The van der Waals surface area contributed by atoms with E-state index in [-0.39, 0.29) is 0 Å². The Morgan fingerprint density at radius 2 is 2.00 bits per heavy atom. The average molecular weight is 228 g/mol. The van der Waals surface area contributed by atoms with Gasteiger partial charge in [0.05, 0.1) is 13.2 Å². The zero-order chi connectivity index (χ0) is 11.2. The van der Waals surface area contributed by atoms with E-state index < -0.39 is 0 Å². The SMILES string of the molecule is CN(CCNCC1CCOC1)C1CCOC1. The fourth-order valence-corrected chi connectivity index (χ4v) is 2.36. The molecule has 0 amide bonds. The number of likely N-dealkylation sites (N-methyl/N-ethyl adjacent to an activating group) is 1. The lowest BCUT2D eigenvalue weighted by molar-refractivity contribution is 0.159. The molecule has 2 heterocycles. The molecule has 4 heteroatoms. The van der Waals surface area contributed by atoms with Crippen molar-refractivity contribution >= 4 is 0 Å². The Balaban J connectivity index is 1.50. The van der Waals surface area contributed by atoms with E-state index in [0.717, 1.165) is 52.0 Å². The van der Waals surface area contributed by atoms with Gasteiger partial charge in [0, 0.05) is 38.9 Å². The van der Waals surface area contributed by atoms with Gasteiger partial charge in [-0.2, -0.15) is 0 Å². The van der Waals surface area contributed by atoms with Crippen LogP contribution in [0.2, 0.25) is 0 Å². The molecule has 2 atom stereocenters. The molecule has 0 aliphatic carbocycles. The van der Waals surface area contributed by atoms with Gasteiger partial charge in [0.15, 0.2) is 0 Å². The van der Waals surface area contributed by atoms with Crippen LogP contribution >= 0.6 is 0 Å². The van der Waals surface area contributed by atoms with Crippen molar-refractivity contribution < 1.29 is 9.47 Å². The molecule has 0 bridgehead atoms. The Bertz CT molecular complexity index is 189. The second-order valence-corrected chi connectivity index (χ2v) is 4.93. The zero-order valence-electron chi connectivity index (χ0n) is 10.3. The second-order valence-electron chi connectivity index (χ2n) is 4.93. The molecule has 16 heavy (non-hydrogen) atoms. The van der Waals surface area contributed by atoms with Gasteiger partial charge in [-0.15, -0.1) is 0 Å². The molecule has 0 spiro atoms. The highest BCUT2D eigenvalue weighted by Gasteiger charge is 2.20. The minimum Gasteiger partial charge on any atom is -0.381 e. The molecule has 0 aromatic heterocycles. The van der Waals surface area contributed by atoms with Crippen LogP contribution in [0.5, 0.6) is 0 Å². The van der Waals surface area contributed by atoms with Crippen molar-refractivity contribution in [3.05, 3.63) is 0 Å². The molecule has 2 aliphatic heterocycles. The molecule has 4 nitrogen and oxygen atoms in total. The zero-order valence-corrected chi connectivity index (χ0v) is 10.3. The van der Waals surface area contributed by atoms with Crippen molar-refractivity contribution in [2.24, 2.45) is 5.92 Å². The molecule has 2 fully saturated rings. The summed E-state index contributed by atoms with van der Waals surface area (Å²) in [6, 6.07) is 0.636. The predicted molar refractivity (Wildman–Crippen MR) is 63.6 cm³/mol. The molecule has 2 aliphatic rings. The van der Waals surface area contributed by atoms with Crippen LogP contribution in [0.3, 0.4) is 0 Å². The van der Waals surface area contributed by atoms with Gasteiger partial charge in [-0.25, -0.2) is 0 Å². The Morgan fingerprint density at radius 3 is 2.69 bits per heavy atom. The molecule has 0 aromatic rings. The number of rotatable bonds is 6. The summed E-state index contributed by atoms with van der Waals surface area (Å²) in [7, 11) is 2.19. The lowest BCUT2D eigenvalue weighted by Gasteiger charge is -2.23. The normalized spacial score (nSPS) is 30.4. The second kappa shape index (κ2) is 6.55. The van der Waals surface area contributed by atoms with Crippen LogP contribution in [0.25, 0.3) is 0 Å². The van der Waals surface area contributed by atoms with Crippen LogP contribution in [0, 0.1) is 5.92 Å². The van der Waals surface area contributed by atoms with Crippen LogP contribution in [0.4, 0.5) is 0 Å². The molecule has 2 rings (SSSR count). The Hall–Kier alpha value is -0.160. The quantitative estimate of drug-likeness (QED) is 0.665. The number of nitrogens with one attached hydrogen (secondary N) is 1. The maximum absolute atomic E-state index is 5.39. The van der Waals surface area contributed by atoms with Gasteiger partial charge in [-0.05, 0) is 25.8 Å². The molecular formula is C12H24N2O2. The standard InChI is InChI=1S/C12H24N2O2/c1-14(12-3-7-16-10-12)5-4-13-8-11-2-6-15-9-11/h11-13H,2-10H2,1H3. The third kappa shape index (κ3) is 3.70. The first-order chi connectivity index (χ1) is 7.86. The van der Waals surface area contributed by atoms with Crippen LogP contribution in [-0.2, 0) is 9.47 Å². The summed E-state index contributed by atoms with van der Waals surface area (Å²) in [5.41, 5.74) is 0. The van der Waals surface area contributed by atoms with Crippen molar-refractivity contribution in [2.75, 3.05) is 53.1 Å². The monoisotopic (exact) mass is 228 g/mol. The highest BCUT2D eigenvalue weighted by Crippen LogP contribution is 2.11. The fourth-order valence-electron chi connectivity index (χ4n) is 2.36. The smallest absolute Gasteiger partial charge is 0.0622 e. The molecule has 2 unspecified atom stereocenters. The minimum absolute atomic E-state index is 0.636. The first kappa shape index (κ1) is 12.3. The van der Waals surface area contributed by atoms with E-state index in [9.17, 15) is 0 Å². The minimum atomic E-state index is 0.636. The molecule has 0 radical (unpaired) electrons. The summed E-state index contributed by atoms with van der Waals surface area (Å²) in [5.74, 6) is 0.736. The molecule has 0 saturated carbocycles. The highest BCUT2D eigenvalue weighted by molar-refractivity contribution is 4.74. The van der Waals surface area contributed by atoms with Gasteiger partial charge >= 0.3 is 0 Å². The first-order valence-electron chi connectivity index (χ1n) is 6.42. The molecule has 2 saturated heterocycles. The van der Waals surface area contributed by atoms with Gasteiger partial charge in [0.1, 0.15) is 0 Å². The Morgan fingerprint density at radius 1 is 1.19 bits per heavy atom. The van der Waals surface area contributed by atoms with E-state index in [1.165, 1.54) is 12.8 Å². The highest BCUT2D eigenvalue weighted by atomic mass is 16.5. The molecule has 1 N–H and O–H groups in total. The number of ether oxygens (including phenoxy) is 2. The molecule has 94 valence electrons. The number of hydrogen-bond donors (Lipinski definition) is 1. The van der Waals surface area contributed by atoms with Crippen LogP contribution in [0.15, 0.2) is 0 Å². The van der Waals surface area contributed by atoms with E-state index in [1.54, 1.807) is 0 Å². The summed E-state index contributed by atoms with van der Waals surface area (Å²) in [4.78, 5) is 2.41. The van der Waals surface area contributed by atoms with Gasteiger partial charge in [0.25, 0.3) is 0 Å². The number of nitrogens with zero attached hydrogens (tertiary/aromatic N) is 1. The summed E-state index contributed by atoms with van der Waals surface area (Å²) in [5, 5.41) is 3.52. The lowest BCUT2D eigenvalue weighted by Crippen LogP contribution is -2.38. The van der Waals surface area contributed by atoms with Crippen LogP contribution in [-0.4, -0.2) is 64.1 Å². The molecule has 0 aromatic carbocycles. The van der Waals surface area contributed by atoms with Crippen molar-refractivity contribution in [1.82, 2.24) is 10.2 Å². The third-order valence-electron chi connectivity index (χ3n) is 3.63. The summed E-state index contributed by atoms with van der Waals surface area (Å²) in [6.45, 7) is 7.03. The van der Waals surface area contributed by atoms with E-state index in [4.69, 9.17) is 9.47 Å². The van der Waals surface area contributed by atoms with Crippen molar-refractivity contribution in [2.45, 2.75) is 18.9 Å². The Labute approximate surface area is 98.3 Å². The Kier molecular flexibility index (Phi) is 5.03. The average Bonchev–Trinajstić information content (AvgIpc) is 2.96. The summed E-state index contributed by atoms with van der Waals surface area (Å²) >= 11 is 0. The van der Waals surface area contributed by atoms with Gasteiger partial charge in [0.2, 0.25) is 0 Å². The lowest BCUT2D eigenvalue weighted by atomic mass is 10.1. The maximum Gasteiger partial charge on any atom is 0.0622 e. The van der Waals surface area contributed by atoms with E-state index in [1.807, 2.05) is 0 Å².